The molecule has 0 aliphatic carbocycles. The zero-order valence-electron chi connectivity index (χ0n) is 16.9. The molecule has 7 heteroatoms. The standard InChI is InChI=1S/C20H31N3O3S/c1-6-11-21-20(25)22(14(2)3)12-13-23-18(24)15(4)27-19(23)16-7-9-17(26-5)10-8-16/h7-10,14-15,19H,6,11-13H2,1-5H3,(H,21,25)/t15-,19+/m0/s1. The van der Waals surface area contributed by atoms with Crippen molar-refractivity contribution in [2.75, 3.05) is 26.7 Å². The Bertz CT molecular complexity index is 636. The number of urea groups is 1. The van der Waals surface area contributed by atoms with E-state index in [-0.39, 0.29) is 28.6 Å². The monoisotopic (exact) mass is 393 g/mol. The van der Waals surface area contributed by atoms with Crippen molar-refractivity contribution in [3.05, 3.63) is 29.8 Å². The van der Waals surface area contributed by atoms with Crippen molar-refractivity contribution >= 4 is 23.7 Å². The van der Waals surface area contributed by atoms with Gasteiger partial charge in [0.1, 0.15) is 11.1 Å². The molecule has 1 saturated heterocycles. The Balaban J connectivity index is 2.10. The lowest BCUT2D eigenvalue weighted by Gasteiger charge is -2.31. The van der Waals surface area contributed by atoms with E-state index in [0.29, 0.717) is 19.6 Å². The van der Waals surface area contributed by atoms with E-state index in [0.717, 1.165) is 17.7 Å². The Hall–Kier alpha value is -1.89. The molecule has 0 saturated carbocycles. The second-order valence-corrected chi connectivity index (χ2v) is 8.38. The van der Waals surface area contributed by atoms with Gasteiger partial charge in [0.05, 0.1) is 12.4 Å². The molecule has 1 aromatic carbocycles. The van der Waals surface area contributed by atoms with Gasteiger partial charge in [0.2, 0.25) is 5.91 Å². The molecule has 0 unspecified atom stereocenters. The van der Waals surface area contributed by atoms with Crippen LogP contribution in [0, 0.1) is 0 Å². The van der Waals surface area contributed by atoms with Crippen molar-refractivity contribution in [3.63, 3.8) is 0 Å². The third-order valence-electron chi connectivity index (χ3n) is 4.64. The maximum atomic E-state index is 12.7. The minimum absolute atomic E-state index is 0.0360. The highest BCUT2D eigenvalue weighted by molar-refractivity contribution is 8.01. The molecule has 2 rings (SSSR count). The Morgan fingerprint density at radius 2 is 2.00 bits per heavy atom. The molecular formula is C20H31N3O3S. The van der Waals surface area contributed by atoms with Crippen LogP contribution in [0.4, 0.5) is 4.79 Å². The first-order valence-electron chi connectivity index (χ1n) is 9.53. The zero-order valence-corrected chi connectivity index (χ0v) is 17.7. The maximum absolute atomic E-state index is 12.7. The van der Waals surface area contributed by atoms with Crippen molar-refractivity contribution in [1.82, 2.24) is 15.1 Å². The third-order valence-corrected chi connectivity index (χ3v) is 6.03. The van der Waals surface area contributed by atoms with E-state index in [2.05, 4.69) is 5.32 Å². The molecule has 6 nitrogen and oxygen atoms in total. The number of ether oxygens (including phenoxy) is 1. The molecule has 1 heterocycles. The highest BCUT2D eigenvalue weighted by atomic mass is 32.2. The summed E-state index contributed by atoms with van der Waals surface area (Å²) in [5, 5.41) is 2.81. The molecular weight excluding hydrogens is 362 g/mol. The Morgan fingerprint density at radius 3 is 2.56 bits per heavy atom. The van der Waals surface area contributed by atoms with Gasteiger partial charge in [-0.1, -0.05) is 19.1 Å². The molecule has 150 valence electrons. The number of hydrogen-bond donors (Lipinski definition) is 1. The lowest BCUT2D eigenvalue weighted by atomic mass is 10.2. The van der Waals surface area contributed by atoms with Gasteiger partial charge in [-0.05, 0) is 44.9 Å². The molecule has 1 aromatic rings. The lowest BCUT2D eigenvalue weighted by molar-refractivity contribution is -0.130. The van der Waals surface area contributed by atoms with E-state index in [1.807, 2.05) is 56.9 Å². The fourth-order valence-electron chi connectivity index (χ4n) is 3.07. The van der Waals surface area contributed by atoms with E-state index in [1.54, 1.807) is 23.8 Å². The summed E-state index contributed by atoms with van der Waals surface area (Å²) in [6.45, 7) is 9.65. The van der Waals surface area contributed by atoms with Crippen LogP contribution >= 0.6 is 11.8 Å². The Labute approximate surface area is 166 Å². The summed E-state index contributed by atoms with van der Waals surface area (Å²) in [6.07, 6.45) is 0.899. The number of carbonyl (C=O) groups excluding carboxylic acids is 2. The van der Waals surface area contributed by atoms with Crippen LogP contribution in [0.1, 0.15) is 45.1 Å². The van der Waals surface area contributed by atoms with Gasteiger partial charge < -0.3 is 19.9 Å². The molecule has 0 bridgehead atoms. The van der Waals surface area contributed by atoms with Crippen LogP contribution in [-0.2, 0) is 4.79 Å². The van der Waals surface area contributed by atoms with Crippen LogP contribution in [0.25, 0.3) is 0 Å². The summed E-state index contributed by atoms with van der Waals surface area (Å²) >= 11 is 1.65. The van der Waals surface area contributed by atoms with Gasteiger partial charge in [-0.2, -0.15) is 0 Å². The molecule has 1 aliphatic heterocycles. The number of thioether (sulfide) groups is 1. The quantitative estimate of drug-likeness (QED) is 0.734. The predicted octanol–water partition coefficient (Wildman–Crippen LogP) is 3.49. The van der Waals surface area contributed by atoms with Crippen molar-refractivity contribution < 1.29 is 14.3 Å². The summed E-state index contributed by atoms with van der Waals surface area (Å²) in [4.78, 5) is 28.8. The van der Waals surface area contributed by atoms with Crippen LogP contribution in [0.5, 0.6) is 5.75 Å². The number of methoxy groups -OCH3 is 1. The molecule has 0 radical (unpaired) electrons. The first-order valence-corrected chi connectivity index (χ1v) is 10.5. The van der Waals surface area contributed by atoms with E-state index < -0.39 is 0 Å². The molecule has 1 aliphatic rings. The number of benzene rings is 1. The maximum Gasteiger partial charge on any atom is 0.317 e. The van der Waals surface area contributed by atoms with Crippen LogP contribution < -0.4 is 10.1 Å². The van der Waals surface area contributed by atoms with Crippen molar-refractivity contribution in [1.29, 1.82) is 0 Å². The summed E-state index contributed by atoms with van der Waals surface area (Å²) in [7, 11) is 1.64. The van der Waals surface area contributed by atoms with E-state index in [9.17, 15) is 9.59 Å². The van der Waals surface area contributed by atoms with Gasteiger partial charge in [-0.25, -0.2) is 4.79 Å². The number of carbonyl (C=O) groups is 2. The topological polar surface area (TPSA) is 61.9 Å². The molecule has 27 heavy (non-hydrogen) atoms. The minimum atomic E-state index is -0.0847. The second-order valence-electron chi connectivity index (χ2n) is 6.95. The average Bonchev–Trinajstić information content (AvgIpc) is 2.94. The molecule has 0 spiro atoms. The first kappa shape index (κ1) is 21.4. The lowest BCUT2D eigenvalue weighted by Crippen LogP contribution is -2.48. The fourth-order valence-corrected chi connectivity index (χ4v) is 4.38. The molecule has 2 atom stereocenters. The van der Waals surface area contributed by atoms with Crippen LogP contribution in [0.3, 0.4) is 0 Å². The predicted molar refractivity (Wildman–Crippen MR) is 110 cm³/mol. The van der Waals surface area contributed by atoms with E-state index in [1.165, 1.54) is 0 Å². The van der Waals surface area contributed by atoms with Crippen molar-refractivity contribution in [2.45, 2.75) is 50.8 Å². The van der Waals surface area contributed by atoms with Crippen LogP contribution in [0.2, 0.25) is 0 Å². The van der Waals surface area contributed by atoms with E-state index in [4.69, 9.17) is 4.74 Å². The summed E-state index contributed by atoms with van der Waals surface area (Å²) in [5.74, 6) is 0.921. The summed E-state index contributed by atoms with van der Waals surface area (Å²) in [5.41, 5.74) is 1.07. The summed E-state index contributed by atoms with van der Waals surface area (Å²) < 4.78 is 5.23. The van der Waals surface area contributed by atoms with Crippen molar-refractivity contribution in [2.24, 2.45) is 0 Å². The number of nitrogens with one attached hydrogen (secondary N) is 1. The highest BCUT2D eigenvalue weighted by Gasteiger charge is 2.38. The van der Waals surface area contributed by atoms with Crippen molar-refractivity contribution in [3.8, 4) is 5.75 Å². The van der Waals surface area contributed by atoms with Gasteiger partial charge in [0.15, 0.2) is 0 Å². The van der Waals surface area contributed by atoms with Crippen LogP contribution in [-0.4, -0.2) is 59.8 Å². The third kappa shape index (κ3) is 5.31. The first-order chi connectivity index (χ1) is 12.9. The SMILES string of the molecule is CCCNC(=O)N(CCN1C(=O)[C@H](C)S[C@@H]1c1ccc(OC)cc1)C(C)C. The Morgan fingerprint density at radius 1 is 1.33 bits per heavy atom. The normalized spacial score (nSPS) is 19.5. The van der Waals surface area contributed by atoms with Gasteiger partial charge in [0.25, 0.3) is 0 Å². The van der Waals surface area contributed by atoms with Gasteiger partial charge >= 0.3 is 6.03 Å². The minimum Gasteiger partial charge on any atom is -0.497 e. The molecule has 1 fully saturated rings. The smallest absolute Gasteiger partial charge is 0.317 e. The second kappa shape index (κ2) is 9.88. The van der Waals surface area contributed by atoms with Gasteiger partial charge in [-0.15, -0.1) is 11.8 Å². The van der Waals surface area contributed by atoms with Crippen LogP contribution in [0.15, 0.2) is 24.3 Å². The highest BCUT2D eigenvalue weighted by Crippen LogP contribution is 2.43. The molecule has 3 amide bonds. The summed E-state index contributed by atoms with van der Waals surface area (Å²) in [6, 6.07) is 7.84. The number of hydrogen-bond acceptors (Lipinski definition) is 4. The fraction of sp³-hybridized carbons (Fsp3) is 0.600. The Kier molecular flexibility index (Phi) is 7.83. The number of rotatable bonds is 8. The number of amides is 3. The van der Waals surface area contributed by atoms with E-state index >= 15 is 0 Å². The molecule has 0 aromatic heterocycles. The van der Waals surface area contributed by atoms with Gasteiger partial charge in [0, 0.05) is 25.7 Å². The molecule has 1 N–H and O–H groups in total. The van der Waals surface area contributed by atoms with Gasteiger partial charge in [-0.3, -0.25) is 4.79 Å². The largest absolute Gasteiger partial charge is 0.497 e. The average molecular weight is 394 g/mol. The number of nitrogens with zero attached hydrogens (tertiary/aromatic N) is 2. The zero-order chi connectivity index (χ0) is 20.0.